The summed E-state index contributed by atoms with van der Waals surface area (Å²) < 4.78 is 0.920. The lowest BCUT2D eigenvalue weighted by atomic mass is 10.2. The fraction of sp³-hybridized carbons (Fsp3) is 0.417. The molecule has 18 heavy (non-hydrogen) atoms. The number of hydrogen-bond donors (Lipinski definition) is 2. The van der Waals surface area contributed by atoms with Crippen LogP contribution < -0.4 is 10.6 Å². The molecule has 1 unspecified atom stereocenters. The number of benzene rings is 1. The van der Waals surface area contributed by atoms with Crippen LogP contribution in [0, 0.1) is 3.57 Å². The van der Waals surface area contributed by atoms with E-state index in [0.29, 0.717) is 23.2 Å². The summed E-state index contributed by atoms with van der Waals surface area (Å²) in [6.07, 6.45) is 2.32. The number of carbonyl (C=O) groups is 1. The first-order valence-corrected chi connectivity index (χ1v) is 7.09. The summed E-state index contributed by atoms with van der Waals surface area (Å²) in [7, 11) is 0. The van der Waals surface area contributed by atoms with Crippen LogP contribution in [0.25, 0.3) is 0 Å². The highest BCUT2D eigenvalue weighted by atomic mass is 127. The van der Waals surface area contributed by atoms with Gasteiger partial charge in [0.05, 0.1) is 5.56 Å². The van der Waals surface area contributed by atoms with E-state index in [0.717, 1.165) is 16.5 Å². The topological polar surface area (TPSA) is 41.1 Å². The van der Waals surface area contributed by atoms with Crippen LogP contribution in [0.1, 0.15) is 23.2 Å². The molecule has 0 aromatic heterocycles. The van der Waals surface area contributed by atoms with Gasteiger partial charge >= 0.3 is 0 Å². The molecule has 1 aromatic rings. The largest absolute Gasteiger partial charge is 0.350 e. The van der Waals surface area contributed by atoms with E-state index < -0.39 is 0 Å². The Morgan fingerprint density at radius 2 is 2.33 bits per heavy atom. The second kappa shape index (κ2) is 7.53. The molecule has 6 heteroatoms. The third-order valence-electron chi connectivity index (χ3n) is 2.84. The maximum Gasteiger partial charge on any atom is 0.252 e. The fourth-order valence-corrected chi connectivity index (χ4v) is 2.67. The van der Waals surface area contributed by atoms with Gasteiger partial charge < -0.3 is 10.6 Å². The minimum absolute atomic E-state index is 0. The van der Waals surface area contributed by atoms with Crippen molar-refractivity contribution in [2.24, 2.45) is 0 Å². The third kappa shape index (κ3) is 4.26. The number of amides is 1. The Labute approximate surface area is 132 Å². The lowest BCUT2D eigenvalue weighted by molar-refractivity contribution is 0.0949. The van der Waals surface area contributed by atoms with E-state index in [1.807, 2.05) is 6.07 Å². The van der Waals surface area contributed by atoms with Gasteiger partial charge in [-0.15, -0.1) is 12.4 Å². The normalized spacial score (nSPS) is 18.2. The molecule has 1 amide bonds. The molecule has 0 aliphatic carbocycles. The monoisotopic (exact) mass is 400 g/mol. The van der Waals surface area contributed by atoms with Crippen molar-refractivity contribution in [1.29, 1.82) is 0 Å². The number of halogens is 3. The molecular weight excluding hydrogens is 386 g/mol. The molecular formula is C12H15Cl2IN2O. The van der Waals surface area contributed by atoms with Gasteiger partial charge in [0, 0.05) is 21.2 Å². The van der Waals surface area contributed by atoms with Gasteiger partial charge in [0.1, 0.15) is 0 Å². The molecule has 2 rings (SSSR count). The maximum atomic E-state index is 12.0. The van der Waals surface area contributed by atoms with Crippen LogP contribution in [-0.4, -0.2) is 25.0 Å². The van der Waals surface area contributed by atoms with Gasteiger partial charge in [0.25, 0.3) is 5.91 Å². The molecule has 1 atom stereocenters. The fourth-order valence-electron chi connectivity index (χ4n) is 1.91. The Kier molecular flexibility index (Phi) is 6.70. The van der Waals surface area contributed by atoms with Crippen LogP contribution in [0.4, 0.5) is 0 Å². The van der Waals surface area contributed by atoms with Crippen LogP contribution >= 0.6 is 46.6 Å². The predicted octanol–water partition coefficient (Wildman–Crippen LogP) is 2.85. The number of rotatable bonds is 3. The third-order valence-corrected chi connectivity index (χ3v) is 4.02. The molecule has 2 N–H and O–H groups in total. The van der Waals surface area contributed by atoms with E-state index in [1.54, 1.807) is 12.1 Å². The van der Waals surface area contributed by atoms with Crippen LogP contribution in [0.5, 0.6) is 0 Å². The minimum atomic E-state index is -0.0504. The Bertz CT molecular complexity index is 423. The van der Waals surface area contributed by atoms with Crippen LogP contribution in [0.3, 0.4) is 0 Å². The molecule has 1 aliphatic heterocycles. The first-order chi connectivity index (χ1) is 8.16. The number of carbonyl (C=O) groups excluding carboxylic acids is 1. The van der Waals surface area contributed by atoms with Gasteiger partial charge in [-0.3, -0.25) is 4.79 Å². The lowest BCUT2D eigenvalue weighted by Gasteiger charge is -2.12. The summed E-state index contributed by atoms with van der Waals surface area (Å²) in [6.45, 7) is 1.73. The summed E-state index contributed by atoms with van der Waals surface area (Å²) in [6, 6.07) is 5.76. The summed E-state index contributed by atoms with van der Waals surface area (Å²) in [5, 5.41) is 6.88. The van der Waals surface area contributed by atoms with E-state index in [1.165, 1.54) is 6.42 Å². The van der Waals surface area contributed by atoms with Crippen molar-refractivity contribution in [3.63, 3.8) is 0 Å². The van der Waals surface area contributed by atoms with E-state index in [9.17, 15) is 4.79 Å². The average molecular weight is 401 g/mol. The smallest absolute Gasteiger partial charge is 0.252 e. The molecule has 3 nitrogen and oxygen atoms in total. The minimum Gasteiger partial charge on any atom is -0.350 e. The summed E-state index contributed by atoms with van der Waals surface area (Å²) in [4.78, 5) is 12.0. The quantitative estimate of drug-likeness (QED) is 0.766. The van der Waals surface area contributed by atoms with Gasteiger partial charge in [-0.05, 0) is 60.2 Å². The molecule has 1 heterocycles. The zero-order valence-electron chi connectivity index (χ0n) is 9.71. The number of nitrogens with one attached hydrogen (secondary N) is 2. The van der Waals surface area contributed by atoms with E-state index >= 15 is 0 Å². The first kappa shape index (κ1) is 16.0. The van der Waals surface area contributed by atoms with E-state index in [2.05, 4.69) is 33.2 Å². The van der Waals surface area contributed by atoms with E-state index in [-0.39, 0.29) is 18.3 Å². The van der Waals surface area contributed by atoms with Gasteiger partial charge in [0.2, 0.25) is 0 Å². The second-order valence-electron chi connectivity index (χ2n) is 4.13. The molecule has 0 saturated carbocycles. The predicted molar refractivity (Wildman–Crippen MR) is 84.8 cm³/mol. The standard InChI is InChI=1S/C12H14ClIN2O.ClH/c13-8-3-4-11(14)10(6-8)12(17)16-7-9-2-1-5-15-9;/h3-4,6,9,15H,1-2,5,7H2,(H,16,17);1H. The second-order valence-corrected chi connectivity index (χ2v) is 5.73. The van der Waals surface area contributed by atoms with Gasteiger partial charge in [-0.25, -0.2) is 0 Å². The van der Waals surface area contributed by atoms with Crippen LogP contribution in [0.2, 0.25) is 5.02 Å². The van der Waals surface area contributed by atoms with Crippen LogP contribution in [0.15, 0.2) is 18.2 Å². The summed E-state index contributed by atoms with van der Waals surface area (Å²) in [5.41, 5.74) is 0.649. The Hall–Kier alpha value is -0.0400. The van der Waals surface area contributed by atoms with Crippen molar-refractivity contribution in [1.82, 2.24) is 10.6 Å². The highest BCUT2D eigenvalue weighted by Gasteiger charge is 2.16. The molecule has 100 valence electrons. The van der Waals surface area contributed by atoms with Crippen molar-refractivity contribution in [2.75, 3.05) is 13.1 Å². The molecule has 0 spiro atoms. The van der Waals surface area contributed by atoms with Crippen molar-refractivity contribution < 1.29 is 4.79 Å². The van der Waals surface area contributed by atoms with Crippen LogP contribution in [-0.2, 0) is 0 Å². The SMILES string of the molecule is Cl.O=C(NCC1CCCN1)c1cc(Cl)ccc1I. The van der Waals surface area contributed by atoms with Crippen molar-refractivity contribution in [2.45, 2.75) is 18.9 Å². The van der Waals surface area contributed by atoms with E-state index in [4.69, 9.17) is 11.6 Å². The molecule has 1 aliphatic rings. The average Bonchev–Trinajstić information content (AvgIpc) is 2.82. The Balaban J connectivity index is 0.00000162. The van der Waals surface area contributed by atoms with Gasteiger partial charge in [-0.1, -0.05) is 11.6 Å². The Morgan fingerprint density at radius 1 is 1.56 bits per heavy atom. The zero-order valence-corrected chi connectivity index (χ0v) is 13.4. The maximum absolute atomic E-state index is 12.0. The Morgan fingerprint density at radius 3 is 3.00 bits per heavy atom. The number of hydrogen-bond acceptors (Lipinski definition) is 2. The molecule has 1 fully saturated rings. The summed E-state index contributed by atoms with van der Waals surface area (Å²) >= 11 is 8.04. The lowest BCUT2D eigenvalue weighted by Crippen LogP contribution is -2.37. The highest BCUT2D eigenvalue weighted by molar-refractivity contribution is 14.1. The van der Waals surface area contributed by atoms with Crippen molar-refractivity contribution in [3.05, 3.63) is 32.4 Å². The molecule has 1 saturated heterocycles. The van der Waals surface area contributed by atoms with Gasteiger partial charge in [-0.2, -0.15) is 0 Å². The molecule has 1 aromatic carbocycles. The first-order valence-electron chi connectivity index (χ1n) is 5.63. The molecule has 0 radical (unpaired) electrons. The summed E-state index contributed by atoms with van der Waals surface area (Å²) in [5.74, 6) is -0.0504. The zero-order chi connectivity index (χ0) is 12.3. The molecule has 0 bridgehead atoms. The van der Waals surface area contributed by atoms with Gasteiger partial charge in [0.15, 0.2) is 0 Å². The van der Waals surface area contributed by atoms with Crippen molar-refractivity contribution in [3.8, 4) is 0 Å². The highest BCUT2D eigenvalue weighted by Crippen LogP contribution is 2.17. The van der Waals surface area contributed by atoms with Crippen molar-refractivity contribution >= 4 is 52.5 Å².